The predicted molar refractivity (Wildman–Crippen MR) is 183 cm³/mol. The first kappa shape index (κ1) is 37.9. The van der Waals surface area contributed by atoms with Crippen molar-refractivity contribution in [1.82, 2.24) is 26.2 Å². The summed E-state index contributed by atoms with van der Waals surface area (Å²) in [4.78, 5) is 69.3. The average Bonchev–Trinajstić information content (AvgIpc) is 3.76. The molecule has 0 radical (unpaired) electrons. The van der Waals surface area contributed by atoms with Crippen LogP contribution >= 0.6 is 0 Å². The third-order valence-corrected chi connectivity index (χ3v) is 15.0. The van der Waals surface area contributed by atoms with Crippen LogP contribution in [0, 0.1) is 23.2 Å². The Morgan fingerprint density at radius 2 is 1.60 bits per heavy atom. The highest BCUT2D eigenvalue weighted by Crippen LogP contribution is 2.65. The maximum atomic E-state index is 14.3. The molecule has 1 aliphatic heterocycles. The summed E-state index contributed by atoms with van der Waals surface area (Å²) in [6.07, 6.45) is 4.40. The van der Waals surface area contributed by atoms with Crippen molar-refractivity contribution >= 4 is 39.4 Å². The molecule has 12 nitrogen and oxygen atoms in total. The molecule has 0 aromatic heterocycles. The van der Waals surface area contributed by atoms with Crippen molar-refractivity contribution in [2.75, 3.05) is 13.1 Å². The van der Waals surface area contributed by atoms with Gasteiger partial charge >= 0.3 is 6.03 Å². The van der Waals surface area contributed by atoms with Crippen molar-refractivity contribution in [1.29, 1.82) is 0 Å². The lowest BCUT2D eigenvalue weighted by molar-refractivity contribution is -0.144. The van der Waals surface area contributed by atoms with E-state index in [1.807, 2.05) is 20.8 Å². The first-order valence-electron chi connectivity index (χ1n) is 17.6. The number of hydrogen-bond donors (Lipinski definition) is 4. The van der Waals surface area contributed by atoms with Gasteiger partial charge < -0.3 is 26.2 Å². The Balaban J connectivity index is 1.56. The van der Waals surface area contributed by atoms with E-state index in [4.69, 9.17) is 0 Å². The van der Waals surface area contributed by atoms with Crippen LogP contribution in [0.1, 0.15) is 107 Å². The van der Waals surface area contributed by atoms with Gasteiger partial charge in [-0.15, -0.1) is 0 Å². The number of urea groups is 1. The van der Waals surface area contributed by atoms with Crippen LogP contribution in [-0.2, 0) is 29.0 Å². The van der Waals surface area contributed by atoms with Gasteiger partial charge in [-0.05, 0) is 89.5 Å². The first-order chi connectivity index (χ1) is 22.1. The Labute approximate surface area is 286 Å². The number of hydrogen-bond acceptors (Lipinski definition) is 7. The van der Waals surface area contributed by atoms with E-state index in [1.165, 1.54) is 4.90 Å². The van der Waals surface area contributed by atoms with Gasteiger partial charge in [0.25, 0.3) is 5.91 Å². The zero-order valence-corrected chi connectivity index (χ0v) is 31.1. The third kappa shape index (κ3) is 6.52. The van der Waals surface area contributed by atoms with Crippen molar-refractivity contribution in [2.45, 2.75) is 140 Å². The van der Waals surface area contributed by atoms with Crippen LogP contribution in [0.25, 0.3) is 0 Å². The number of amides is 5. The molecule has 1 saturated heterocycles. The molecule has 0 aromatic rings. The van der Waals surface area contributed by atoms with Gasteiger partial charge in [0.2, 0.25) is 17.6 Å². The maximum Gasteiger partial charge on any atom is 0.316 e. The Morgan fingerprint density at radius 1 is 1.00 bits per heavy atom. The van der Waals surface area contributed by atoms with Gasteiger partial charge in [-0.1, -0.05) is 53.0 Å². The highest BCUT2D eigenvalue weighted by molar-refractivity contribution is 7.93. The number of sulfone groups is 1. The van der Waals surface area contributed by atoms with Gasteiger partial charge in [0, 0.05) is 13.1 Å². The van der Waals surface area contributed by atoms with Gasteiger partial charge in [-0.25, -0.2) is 13.2 Å². The largest absolute Gasteiger partial charge is 0.350 e. The van der Waals surface area contributed by atoms with Crippen molar-refractivity contribution in [3.05, 3.63) is 12.2 Å². The summed E-state index contributed by atoms with van der Waals surface area (Å²) < 4.78 is 26.1. The number of carbonyl (C=O) groups is 5. The SMILES string of the molecule is C=C(C)[C@H](NC(=O)NC1([C@@H](C)S(=O)(=O)C(C)(C)C)CCCCC1)C(=O)N1C[C@H]2[C@@H]([C@H]1C(=O)N[C@@]1(C(=O)C(=O)NCC)C[C@H]1CC)C2(C)C. The summed E-state index contributed by atoms with van der Waals surface area (Å²) in [5.41, 5.74) is -2.17. The van der Waals surface area contributed by atoms with E-state index in [9.17, 15) is 32.4 Å². The standard InChI is InChI=1S/C35H57N5O7S/c1-11-22-18-35(22,27(41)29(43)36-12-2)38-28(42)26-24-23(33(24,9)10)19-40(26)30(44)25(20(3)4)37-31(45)39-34(16-14-13-15-17-34)21(5)48(46,47)32(6,7)8/h21-26H,3,11-19H2,1-2,4-10H3,(H,36,43)(H,38,42)(H2,37,39,45)/t21-,22-,23+,24+,25+,26+,35+/m1/s1. The van der Waals surface area contributed by atoms with Crippen molar-refractivity contribution in [2.24, 2.45) is 23.2 Å². The number of Topliss-reactive ketones (excluding diaryl/α,β-unsaturated/α-hetero) is 1. The molecule has 270 valence electrons. The summed E-state index contributed by atoms with van der Waals surface area (Å²) in [6, 6.07) is -2.75. The van der Waals surface area contributed by atoms with Crippen molar-refractivity contribution in [3.8, 4) is 0 Å². The third-order valence-electron chi connectivity index (χ3n) is 11.9. The lowest BCUT2D eigenvalue weighted by Gasteiger charge is -2.44. The van der Waals surface area contributed by atoms with Gasteiger partial charge in [0.05, 0.1) is 15.5 Å². The number of likely N-dealkylation sites (N-methyl/N-ethyl adjacent to an activating group) is 1. The Kier molecular flexibility index (Phi) is 10.3. The van der Waals surface area contributed by atoms with Crippen LogP contribution < -0.4 is 21.3 Å². The minimum atomic E-state index is -3.64. The van der Waals surface area contributed by atoms with Crippen LogP contribution in [0.3, 0.4) is 0 Å². The number of carbonyl (C=O) groups excluding carboxylic acids is 5. The molecule has 13 heteroatoms. The monoisotopic (exact) mass is 691 g/mol. The van der Waals surface area contributed by atoms with Crippen LogP contribution in [-0.4, -0.2) is 89.1 Å². The second-order valence-electron chi connectivity index (χ2n) is 16.2. The molecular formula is C35H57N5O7S. The topological polar surface area (TPSA) is 171 Å². The fourth-order valence-electron chi connectivity index (χ4n) is 8.46. The van der Waals surface area contributed by atoms with Crippen molar-refractivity contribution in [3.63, 3.8) is 0 Å². The zero-order valence-electron chi connectivity index (χ0n) is 30.2. The van der Waals surface area contributed by atoms with Gasteiger partial charge in [0.1, 0.15) is 17.6 Å². The average molecular weight is 692 g/mol. The van der Waals surface area contributed by atoms with Gasteiger partial charge in [-0.2, -0.15) is 0 Å². The number of ketones is 1. The lowest BCUT2D eigenvalue weighted by atomic mass is 9.79. The second kappa shape index (κ2) is 13.1. The summed E-state index contributed by atoms with van der Waals surface area (Å²) >= 11 is 0. The van der Waals surface area contributed by atoms with Crippen LogP contribution in [0.5, 0.6) is 0 Å². The fourth-order valence-corrected chi connectivity index (χ4v) is 10.4. The summed E-state index contributed by atoms with van der Waals surface area (Å²) in [6.45, 7) is 20.5. The van der Waals surface area contributed by atoms with Gasteiger partial charge in [0.15, 0.2) is 9.84 Å². The normalized spacial score (nSPS) is 29.8. The highest BCUT2D eigenvalue weighted by atomic mass is 32.2. The molecule has 5 amide bonds. The Bertz CT molecular complexity index is 1460. The quantitative estimate of drug-likeness (QED) is 0.180. The first-order valence-corrected chi connectivity index (χ1v) is 19.1. The molecular weight excluding hydrogens is 634 g/mol. The lowest BCUT2D eigenvalue weighted by Crippen LogP contribution is -2.64. The van der Waals surface area contributed by atoms with E-state index in [1.54, 1.807) is 41.5 Å². The molecule has 48 heavy (non-hydrogen) atoms. The molecule has 4 rings (SSSR count). The molecule has 4 fully saturated rings. The van der Waals surface area contributed by atoms with Crippen molar-refractivity contribution < 1.29 is 32.4 Å². The van der Waals surface area contributed by atoms with E-state index >= 15 is 0 Å². The molecule has 3 aliphatic carbocycles. The Hall–Kier alpha value is -2.96. The van der Waals surface area contributed by atoms with E-state index in [0.717, 1.165) is 19.3 Å². The van der Waals surface area contributed by atoms with E-state index in [0.29, 0.717) is 37.8 Å². The molecule has 1 heterocycles. The molecule has 3 saturated carbocycles. The zero-order chi connectivity index (χ0) is 36.2. The molecule has 0 unspecified atom stereocenters. The van der Waals surface area contributed by atoms with E-state index in [-0.39, 0.29) is 29.7 Å². The fraction of sp³-hybridized carbons (Fsp3) is 0.800. The minimum Gasteiger partial charge on any atom is -0.350 e. The van der Waals surface area contributed by atoms with Crippen LogP contribution in [0.15, 0.2) is 12.2 Å². The molecule has 0 aromatic carbocycles. The predicted octanol–water partition coefficient (Wildman–Crippen LogP) is 3.01. The maximum absolute atomic E-state index is 14.3. The second-order valence-corrected chi connectivity index (χ2v) is 19.3. The van der Waals surface area contributed by atoms with E-state index in [2.05, 4.69) is 27.8 Å². The molecule has 7 atom stereocenters. The number of fused-ring (bicyclic) bond motifs is 1. The summed E-state index contributed by atoms with van der Waals surface area (Å²) in [5, 5.41) is 10.4. The van der Waals surface area contributed by atoms with Crippen LogP contribution in [0.2, 0.25) is 0 Å². The number of rotatable bonds is 12. The highest BCUT2D eigenvalue weighted by Gasteiger charge is 2.71. The summed E-state index contributed by atoms with van der Waals surface area (Å²) in [5.74, 6) is -2.70. The minimum absolute atomic E-state index is 0.0435. The number of nitrogens with one attached hydrogen (secondary N) is 4. The molecule has 4 N–H and O–H groups in total. The van der Waals surface area contributed by atoms with E-state index < -0.39 is 72.5 Å². The molecule has 0 spiro atoms. The number of nitrogens with zero attached hydrogens (tertiary/aromatic N) is 1. The summed E-state index contributed by atoms with van der Waals surface area (Å²) in [7, 11) is -3.64. The molecule has 0 bridgehead atoms. The molecule has 4 aliphatic rings. The Morgan fingerprint density at radius 3 is 2.10 bits per heavy atom. The van der Waals surface area contributed by atoms with Crippen LogP contribution in [0.4, 0.5) is 4.79 Å². The number of likely N-dealkylation sites (tertiary alicyclic amines) is 1. The smallest absolute Gasteiger partial charge is 0.316 e. The number of piperidine rings is 1. The van der Waals surface area contributed by atoms with Gasteiger partial charge in [-0.3, -0.25) is 19.2 Å².